The molecule has 0 aliphatic rings. The van der Waals surface area contributed by atoms with Crippen molar-refractivity contribution in [3.63, 3.8) is 0 Å². The number of nitrogen functional groups attached to an aromatic ring is 1. The van der Waals surface area contributed by atoms with Crippen molar-refractivity contribution < 1.29 is 8.94 Å². The lowest BCUT2D eigenvalue weighted by Crippen LogP contribution is -1.88. The highest BCUT2D eigenvalue weighted by Gasteiger charge is 2.22. The fourth-order valence-electron chi connectivity index (χ4n) is 1.90. The molecule has 0 amide bonds. The first-order valence-corrected chi connectivity index (χ1v) is 6.65. The van der Waals surface area contributed by atoms with E-state index in [1.165, 1.54) is 6.26 Å². The van der Waals surface area contributed by atoms with Gasteiger partial charge >= 0.3 is 0 Å². The molecule has 3 aromatic rings. The smallest absolute Gasteiger partial charge is 0.230 e. The molecule has 20 heavy (non-hydrogen) atoms. The van der Waals surface area contributed by atoms with E-state index in [1.54, 1.807) is 24.3 Å². The lowest BCUT2D eigenvalue weighted by Gasteiger charge is -2.04. The van der Waals surface area contributed by atoms with Crippen molar-refractivity contribution in [1.82, 2.24) is 5.16 Å². The molecule has 7 heteroatoms. The van der Waals surface area contributed by atoms with E-state index >= 15 is 0 Å². The molecule has 0 radical (unpaired) electrons. The zero-order valence-electron chi connectivity index (χ0n) is 9.86. The number of nitrogens with zero attached hydrogens (tertiary/aromatic N) is 1. The molecule has 0 fully saturated rings. The highest BCUT2D eigenvalue weighted by Crippen LogP contribution is 2.42. The maximum atomic E-state index is 6.20. The van der Waals surface area contributed by atoms with E-state index in [2.05, 4.69) is 5.16 Å². The van der Waals surface area contributed by atoms with Crippen molar-refractivity contribution in [2.45, 2.75) is 0 Å². The van der Waals surface area contributed by atoms with Crippen molar-refractivity contribution in [2.24, 2.45) is 0 Å². The van der Waals surface area contributed by atoms with Gasteiger partial charge in [-0.15, -0.1) is 0 Å². The van der Waals surface area contributed by atoms with Crippen LogP contribution in [0, 0.1) is 0 Å². The van der Waals surface area contributed by atoms with Crippen LogP contribution in [-0.2, 0) is 0 Å². The molecule has 0 unspecified atom stereocenters. The van der Waals surface area contributed by atoms with Gasteiger partial charge < -0.3 is 14.7 Å². The molecule has 2 heterocycles. The summed E-state index contributed by atoms with van der Waals surface area (Å²) in [6.45, 7) is 0. The van der Waals surface area contributed by atoms with E-state index in [0.717, 1.165) is 0 Å². The van der Waals surface area contributed by atoms with Gasteiger partial charge in [-0.3, -0.25) is 0 Å². The van der Waals surface area contributed by atoms with Crippen molar-refractivity contribution >= 4 is 40.7 Å². The summed E-state index contributed by atoms with van der Waals surface area (Å²) in [5.74, 6) is 0.140. The average Bonchev–Trinajstić information content (AvgIpc) is 2.96. The second-order valence-electron chi connectivity index (χ2n) is 4.00. The van der Waals surface area contributed by atoms with Crippen LogP contribution in [-0.4, -0.2) is 5.16 Å². The standard InChI is InChI=1S/C13H7Cl3N2O2/c14-6-1-2-7(9(15)5-6)10-11(18-20-13(10)17)8-3-4-19-12(8)16/h1-5H,17H2. The summed E-state index contributed by atoms with van der Waals surface area (Å²) in [5.41, 5.74) is 8.09. The van der Waals surface area contributed by atoms with Crippen molar-refractivity contribution in [3.8, 4) is 22.4 Å². The van der Waals surface area contributed by atoms with E-state index in [-0.39, 0.29) is 11.1 Å². The third-order valence-corrected chi connectivity index (χ3v) is 3.63. The fraction of sp³-hybridized carbons (Fsp3) is 0. The monoisotopic (exact) mass is 328 g/mol. The highest BCUT2D eigenvalue weighted by molar-refractivity contribution is 6.37. The first-order valence-electron chi connectivity index (χ1n) is 5.52. The van der Waals surface area contributed by atoms with E-state index in [4.69, 9.17) is 49.5 Å². The SMILES string of the molecule is Nc1onc(-c2ccoc2Cl)c1-c1ccc(Cl)cc1Cl. The van der Waals surface area contributed by atoms with E-state index in [1.807, 2.05) is 0 Å². The lowest BCUT2D eigenvalue weighted by molar-refractivity contribution is 0.439. The zero-order valence-corrected chi connectivity index (χ0v) is 12.1. The number of benzene rings is 1. The minimum atomic E-state index is 0.140. The van der Waals surface area contributed by atoms with Crippen LogP contribution in [0.2, 0.25) is 15.3 Å². The summed E-state index contributed by atoms with van der Waals surface area (Å²) >= 11 is 18.1. The maximum absolute atomic E-state index is 6.20. The van der Waals surface area contributed by atoms with Gasteiger partial charge in [0.05, 0.1) is 22.4 Å². The molecule has 0 saturated heterocycles. The van der Waals surface area contributed by atoms with Gasteiger partial charge in [0.15, 0.2) is 0 Å². The first kappa shape index (κ1) is 13.4. The Hall–Kier alpha value is -1.62. The first-order chi connectivity index (χ1) is 9.58. The topological polar surface area (TPSA) is 65.2 Å². The predicted molar refractivity (Wildman–Crippen MR) is 79.1 cm³/mol. The third kappa shape index (κ3) is 2.16. The van der Waals surface area contributed by atoms with Crippen LogP contribution in [0.1, 0.15) is 0 Å². The van der Waals surface area contributed by atoms with Gasteiger partial charge in [-0.1, -0.05) is 34.4 Å². The zero-order chi connectivity index (χ0) is 14.3. The van der Waals surface area contributed by atoms with E-state index in [9.17, 15) is 0 Å². The van der Waals surface area contributed by atoms with Gasteiger partial charge in [0, 0.05) is 10.6 Å². The Kier molecular flexibility index (Phi) is 3.38. The quantitative estimate of drug-likeness (QED) is 0.706. The molecule has 0 saturated carbocycles. The van der Waals surface area contributed by atoms with Crippen LogP contribution >= 0.6 is 34.8 Å². The van der Waals surface area contributed by atoms with E-state index < -0.39 is 0 Å². The number of halogens is 3. The summed E-state index contributed by atoms with van der Waals surface area (Å²) in [7, 11) is 0. The number of hydrogen-bond acceptors (Lipinski definition) is 4. The maximum Gasteiger partial charge on any atom is 0.230 e. The van der Waals surface area contributed by atoms with Crippen LogP contribution < -0.4 is 5.73 Å². The normalized spacial score (nSPS) is 10.9. The van der Waals surface area contributed by atoms with E-state index in [0.29, 0.717) is 32.4 Å². The van der Waals surface area contributed by atoms with Gasteiger partial charge in [-0.25, -0.2) is 0 Å². The number of rotatable bonds is 2. The van der Waals surface area contributed by atoms with Crippen molar-refractivity contribution in [2.75, 3.05) is 5.73 Å². The predicted octanol–water partition coefficient (Wildman–Crippen LogP) is 5.14. The average molecular weight is 330 g/mol. The molecule has 4 nitrogen and oxygen atoms in total. The van der Waals surface area contributed by atoms with Crippen LogP contribution in [0.3, 0.4) is 0 Å². The van der Waals surface area contributed by atoms with Gasteiger partial charge in [0.1, 0.15) is 5.69 Å². The number of furan rings is 1. The summed E-state index contributed by atoms with van der Waals surface area (Å²) < 4.78 is 10.1. The molecule has 1 aromatic carbocycles. The van der Waals surface area contributed by atoms with Crippen LogP contribution in [0.15, 0.2) is 39.5 Å². The van der Waals surface area contributed by atoms with Gasteiger partial charge in [-0.05, 0) is 29.8 Å². The summed E-state index contributed by atoms with van der Waals surface area (Å²) in [4.78, 5) is 0. The summed E-state index contributed by atoms with van der Waals surface area (Å²) in [6, 6.07) is 6.74. The van der Waals surface area contributed by atoms with Gasteiger partial charge in [-0.2, -0.15) is 0 Å². The molecule has 3 rings (SSSR count). The van der Waals surface area contributed by atoms with Gasteiger partial charge in [0.2, 0.25) is 11.1 Å². The number of aromatic nitrogens is 1. The molecule has 0 bridgehead atoms. The largest absolute Gasteiger partial charge is 0.452 e. The Balaban J connectivity index is 2.24. The van der Waals surface area contributed by atoms with Crippen LogP contribution in [0.4, 0.5) is 5.88 Å². The highest BCUT2D eigenvalue weighted by atomic mass is 35.5. The summed E-state index contributed by atoms with van der Waals surface area (Å²) in [6.07, 6.45) is 1.45. The van der Waals surface area contributed by atoms with Crippen molar-refractivity contribution in [3.05, 3.63) is 45.8 Å². The molecule has 2 aromatic heterocycles. The van der Waals surface area contributed by atoms with Crippen LogP contribution in [0.25, 0.3) is 22.4 Å². The Morgan fingerprint density at radius 1 is 1.05 bits per heavy atom. The minimum Gasteiger partial charge on any atom is -0.452 e. The lowest BCUT2D eigenvalue weighted by atomic mass is 10.0. The second kappa shape index (κ2) is 5.05. The molecular formula is C13H7Cl3N2O2. The Morgan fingerprint density at radius 3 is 2.50 bits per heavy atom. The van der Waals surface area contributed by atoms with Crippen molar-refractivity contribution in [1.29, 1.82) is 0 Å². The minimum absolute atomic E-state index is 0.140. The van der Waals surface area contributed by atoms with Gasteiger partial charge in [0.25, 0.3) is 0 Å². The van der Waals surface area contributed by atoms with Crippen LogP contribution in [0.5, 0.6) is 0 Å². The number of nitrogens with two attached hydrogens (primary N) is 1. The third-order valence-electron chi connectivity index (χ3n) is 2.79. The number of hydrogen-bond donors (Lipinski definition) is 1. The Morgan fingerprint density at radius 2 is 1.85 bits per heavy atom. The molecule has 0 atom stereocenters. The number of anilines is 1. The molecule has 0 aliphatic carbocycles. The Labute approximate surface area is 129 Å². The molecule has 0 aliphatic heterocycles. The molecule has 102 valence electrons. The molecule has 0 spiro atoms. The summed E-state index contributed by atoms with van der Waals surface area (Å²) in [5, 5.41) is 5.08. The Bertz CT molecular complexity index is 780. The molecular weight excluding hydrogens is 323 g/mol. The molecule has 2 N–H and O–H groups in total. The fourth-order valence-corrected chi connectivity index (χ4v) is 2.61. The second-order valence-corrected chi connectivity index (χ2v) is 5.19.